The van der Waals surface area contributed by atoms with Gasteiger partial charge in [0.1, 0.15) is 5.75 Å². The number of rotatable bonds is 6. The van der Waals surface area contributed by atoms with Crippen molar-refractivity contribution in [3.05, 3.63) is 63.2 Å². The summed E-state index contributed by atoms with van der Waals surface area (Å²) in [5.41, 5.74) is 1.92. The van der Waals surface area contributed by atoms with E-state index in [0.717, 1.165) is 27.0 Å². The molecule has 0 saturated carbocycles. The average molecular weight is 395 g/mol. The highest BCUT2D eigenvalue weighted by Crippen LogP contribution is 2.13. The molecule has 0 fully saturated rings. The molecule has 2 aromatic carbocycles. The van der Waals surface area contributed by atoms with Crippen molar-refractivity contribution in [1.82, 2.24) is 4.90 Å². The topological polar surface area (TPSA) is 29.5 Å². The Morgan fingerprint density at radius 1 is 1.10 bits per heavy atom. The molecule has 0 aliphatic rings. The number of ether oxygens (including phenoxy) is 1. The van der Waals surface area contributed by atoms with E-state index in [1.165, 1.54) is 0 Å². The number of benzene rings is 2. The van der Waals surface area contributed by atoms with Gasteiger partial charge in [0, 0.05) is 15.7 Å². The van der Waals surface area contributed by atoms with Crippen LogP contribution in [0.5, 0.6) is 5.75 Å². The van der Waals surface area contributed by atoms with E-state index in [1.54, 1.807) is 7.11 Å². The molecule has 0 spiro atoms. The highest BCUT2D eigenvalue weighted by molar-refractivity contribution is 14.1. The van der Waals surface area contributed by atoms with Crippen LogP contribution in [0.1, 0.15) is 15.9 Å². The van der Waals surface area contributed by atoms with Crippen molar-refractivity contribution < 1.29 is 9.53 Å². The van der Waals surface area contributed by atoms with Gasteiger partial charge >= 0.3 is 0 Å². The Hall–Kier alpha value is -1.40. The van der Waals surface area contributed by atoms with Crippen molar-refractivity contribution in [2.24, 2.45) is 0 Å². The Bertz CT molecular complexity index is 593. The Morgan fingerprint density at radius 3 is 2.29 bits per heavy atom. The molecule has 21 heavy (non-hydrogen) atoms. The van der Waals surface area contributed by atoms with Crippen LogP contribution in [0.15, 0.2) is 48.5 Å². The van der Waals surface area contributed by atoms with E-state index in [0.29, 0.717) is 6.54 Å². The first-order chi connectivity index (χ1) is 10.1. The lowest BCUT2D eigenvalue weighted by Crippen LogP contribution is -2.25. The van der Waals surface area contributed by atoms with E-state index in [-0.39, 0.29) is 5.78 Å². The van der Waals surface area contributed by atoms with Crippen LogP contribution in [-0.4, -0.2) is 31.4 Å². The van der Waals surface area contributed by atoms with E-state index >= 15 is 0 Å². The van der Waals surface area contributed by atoms with Gasteiger partial charge in [0.15, 0.2) is 5.78 Å². The number of likely N-dealkylation sites (N-methyl/N-ethyl adjacent to an activating group) is 1. The fourth-order valence-electron chi connectivity index (χ4n) is 2.07. The van der Waals surface area contributed by atoms with Crippen LogP contribution in [-0.2, 0) is 6.54 Å². The Kier molecular flexibility index (Phi) is 5.76. The zero-order valence-corrected chi connectivity index (χ0v) is 14.3. The quantitative estimate of drug-likeness (QED) is 0.553. The first kappa shape index (κ1) is 16.0. The fraction of sp³-hybridized carbons (Fsp3) is 0.235. The number of carbonyl (C=O) groups is 1. The molecule has 0 atom stereocenters. The predicted molar refractivity (Wildman–Crippen MR) is 92.8 cm³/mol. The number of methoxy groups -OCH3 is 1. The molecule has 2 rings (SSSR count). The third-order valence-electron chi connectivity index (χ3n) is 3.19. The van der Waals surface area contributed by atoms with Gasteiger partial charge in [-0.3, -0.25) is 9.69 Å². The van der Waals surface area contributed by atoms with Gasteiger partial charge < -0.3 is 4.74 Å². The Morgan fingerprint density at radius 2 is 1.71 bits per heavy atom. The summed E-state index contributed by atoms with van der Waals surface area (Å²) in [4.78, 5) is 14.2. The second-order valence-corrected chi connectivity index (χ2v) is 6.20. The zero-order chi connectivity index (χ0) is 15.2. The molecule has 0 radical (unpaired) electrons. The maximum Gasteiger partial charge on any atom is 0.176 e. The number of hydrogen-bond acceptors (Lipinski definition) is 3. The summed E-state index contributed by atoms with van der Waals surface area (Å²) >= 11 is 2.23. The number of halogens is 1. The molecule has 0 aliphatic carbocycles. The third kappa shape index (κ3) is 4.82. The van der Waals surface area contributed by atoms with Gasteiger partial charge in [-0.1, -0.05) is 24.3 Å². The van der Waals surface area contributed by atoms with Crippen molar-refractivity contribution in [3.8, 4) is 5.75 Å². The van der Waals surface area contributed by atoms with Crippen LogP contribution >= 0.6 is 22.6 Å². The minimum Gasteiger partial charge on any atom is -0.497 e. The highest BCUT2D eigenvalue weighted by Gasteiger charge is 2.09. The van der Waals surface area contributed by atoms with Crippen LogP contribution in [0, 0.1) is 3.57 Å². The lowest BCUT2D eigenvalue weighted by molar-refractivity contribution is 0.0943. The van der Waals surface area contributed by atoms with Gasteiger partial charge in [-0.15, -0.1) is 0 Å². The molecule has 0 heterocycles. The van der Waals surface area contributed by atoms with Crippen molar-refractivity contribution in [2.45, 2.75) is 6.54 Å². The van der Waals surface area contributed by atoms with Crippen molar-refractivity contribution in [1.29, 1.82) is 0 Å². The lowest BCUT2D eigenvalue weighted by Gasteiger charge is -2.16. The van der Waals surface area contributed by atoms with E-state index in [9.17, 15) is 4.79 Å². The summed E-state index contributed by atoms with van der Waals surface area (Å²) in [6, 6.07) is 15.6. The van der Waals surface area contributed by atoms with Gasteiger partial charge in [0.2, 0.25) is 0 Å². The minimum absolute atomic E-state index is 0.141. The molecule has 0 unspecified atom stereocenters. The summed E-state index contributed by atoms with van der Waals surface area (Å²) in [5.74, 6) is 0.985. The van der Waals surface area contributed by atoms with E-state index in [2.05, 4.69) is 22.6 Å². The number of ketones is 1. The third-order valence-corrected chi connectivity index (χ3v) is 3.91. The van der Waals surface area contributed by atoms with Crippen molar-refractivity contribution in [3.63, 3.8) is 0 Å². The Labute approximate surface area is 139 Å². The second kappa shape index (κ2) is 7.56. The first-order valence-electron chi connectivity index (χ1n) is 6.68. The number of carbonyl (C=O) groups excluding carboxylic acids is 1. The monoisotopic (exact) mass is 395 g/mol. The van der Waals surface area contributed by atoms with Crippen molar-refractivity contribution in [2.75, 3.05) is 20.7 Å². The molecule has 4 heteroatoms. The van der Waals surface area contributed by atoms with Crippen molar-refractivity contribution >= 4 is 28.4 Å². The summed E-state index contributed by atoms with van der Waals surface area (Å²) in [5, 5.41) is 0. The summed E-state index contributed by atoms with van der Waals surface area (Å²) < 4.78 is 6.27. The molecule has 0 bridgehead atoms. The van der Waals surface area contributed by atoms with Gasteiger partial charge in [0.05, 0.1) is 13.7 Å². The van der Waals surface area contributed by atoms with Gasteiger partial charge in [-0.05, 0) is 59.5 Å². The smallest absolute Gasteiger partial charge is 0.176 e. The summed E-state index contributed by atoms with van der Waals surface area (Å²) in [6.07, 6.45) is 0. The molecule has 0 amide bonds. The molecule has 2 aromatic rings. The first-order valence-corrected chi connectivity index (χ1v) is 7.76. The second-order valence-electron chi connectivity index (χ2n) is 4.95. The SMILES string of the molecule is COc1ccc(CN(C)CC(=O)c2ccc(I)cc2)cc1. The maximum absolute atomic E-state index is 12.2. The van der Waals surface area contributed by atoms with Crippen LogP contribution in [0.4, 0.5) is 0 Å². The van der Waals surface area contributed by atoms with Gasteiger partial charge in [0.25, 0.3) is 0 Å². The molecule has 110 valence electrons. The lowest BCUT2D eigenvalue weighted by atomic mass is 10.1. The molecule has 3 nitrogen and oxygen atoms in total. The predicted octanol–water partition coefficient (Wildman–Crippen LogP) is 3.61. The molecule has 0 saturated heterocycles. The largest absolute Gasteiger partial charge is 0.497 e. The molecular weight excluding hydrogens is 377 g/mol. The Balaban J connectivity index is 1.92. The normalized spacial score (nSPS) is 10.7. The molecule has 0 N–H and O–H groups in total. The molecule has 0 aromatic heterocycles. The van der Waals surface area contributed by atoms with Crippen LogP contribution < -0.4 is 4.74 Å². The number of Topliss-reactive ketones (excluding diaryl/α,β-unsaturated/α-hetero) is 1. The highest BCUT2D eigenvalue weighted by atomic mass is 127. The summed E-state index contributed by atoms with van der Waals surface area (Å²) in [6.45, 7) is 1.15. The zero-order valence-electron chi connectivity index (χ0n) is 12.2. The average Bonchev–Trinajstić information content (AvgIpc) is 2.48. The van der Waals surface area contributed by atoms with Crippen LogP contribution in [0.25, 0.3) is 0 Å². The fourth-order valence-corrected chi connectivity index (χ4v) is 2.43. The van der Waals surface area contributed by atoms with E-state index < -0.39 is 0 Å². The minimum atomic E-state index is 0.141. The maximum atomic E-state index is 12.2. The number of nitrogens with zero attached hydrogens (tertiary/aromatic N) is 1. The van der Waals surface area contributed by atoms with E-state index in [4.69, 9.17) is 4.74 Å². The standard InChI is InChI=1S/C17H18INO2/c1-19(11-13-3-9-16(21-2)10-4-13)12-17(20)14-5-7-15(18)8-6-14/h3-10H,11-12H2,1-2H3. The number of hydrogen-bond donors (Lipinski definition) is 0. The summed E-state index contributed by atoms with van der Waals surface area (Å²) in [7, 11) is 3.61. The molecule has 0 aliphatic heterocycles. The van der Waals surface area contributed by atoms with Gasteiger partial charge in [-0.2, -0.15) is 0 Å². The van der Waals surface area contributed by atoms with Gasteiger partial charge in [-0.25, -0.2) is 0 Å². The molecular formula is C17H18INO2. The van der Waals surface area contributed by atoms with Crippen LogP contribution in [0.3, 0.4) is 0 Å². The van der Waals surface area contributed by atoms with Crippen LogP contribution in [0.2, 0.25) is 0 Å². The van der Waals surface area contributed by atoms with E-state index in [1.807, 2.05) is 60.5 Å².